The predicted molar refractivity (Wildman–Crippen MR) is 130 cm³/mol. The van der Waals surface area contributed by atoms with Crippen LogP contribution in [0.5, 0.6) is 0 Å². The first-order valence-electron chi connectivity index (χ1n) is 12.1. The monoisotopic (exact) mass is 480 g/mol. The van der Waals surface area contributed by atoms with Crippen molar-refractivity contribution >= 4 is 18.0 Å². The molecule has 2 aliphatic carbocycles. The van der Waals surface area contributed by atoms with Crippen LogP contribution in [0.4, 0.5) is 4.79 Å². The zero-order valence-electron chi connectivity index (χ0n) is 19.9. The van der Waals surface area contributed by atoms with Crippen LogP contribution in [0.3, 0.4) is 0 Å². The van der Waals surface area contributed by atoms with Crippen LogP contribution in [-0.2, 0) is 19.1 Å². The minimum absolute atomic E-state index is 0.0790. The van der Waals surface area contributed by atoms with Gasteiger partial charge in [-0.1, -0.05) is 67.8 Å². The Hall–Kier alpha value is -3.39. The number of hydrogen-bond acceptors (Lipinski definition) is 5. The summed E-state index contributed by atoms with van der Waals surface area (Å²) in [5.41, 5.74) is 4.35. The molecule has 3 N–H and O–H groups in total. The average Bonchev–Trinajstić information content (AvgIpc) is 2.99. The smallest absolute Gasteiger partial charge is 0.407 e. The predicted octanol–water partition coefficient (Wildman–Crippen LogP) is 3.83. The van der Waals surface area contributed by atoms with E-state index in [2.05, 4.69) is 10.6 Å². The second-order valence-corrected chi connectivity index (χ2v) is 9.15. The van der Waals surface area contributed by atoms with Crippen molar-refractivity contribution in [2.45, 2.75) is 62.6 Å². The summed E-state index contributed by atoms with van der Waals surface area (Å²) in [6, 6.07) is 14.5. The largest absolute Gasteiger partial charge is 0.481 e. The van der Waals surface area contributed by atoms with Crippen molar-refractivity contribution in [2.75, 3.05) is 13.7 Å². The number of carbonyl (C=O) groups excluding carboxylic acids is 2. The Labute approximate surface area is 205 Å². The van der Waals surface area contributed by atoms with Gasteiger partial charge >= 0.3 is 12.1 Å². The number of rotatable bonds is 8. The molecular formula is C27H32N2O6. The molecule has 3 unspecified atom stereocenters. The van der Waals surface area contributed by atoms with Gasteiger partial charge in [0.1, 0.15) is 12.6 Å². The molecule has 0 aliphatic heterocycles. The average molecular weight is 481 g/mol. The van der Waals surface area contributed by atoms with Crippen molar-refractivity contribution in [3.05, 3.63) is 59.7 Å². The van der Waals surface area contributed by atoms with Crippen molar-refractivity contribution < 1.29 is 29.0 Å². The van der Waals surface area contributed by atoms with E-state index in [1.165, 1.54) is 0 Å². The lowest BCUT2D eigenvalue weighted by molar-refractivity contribution is -0.140. The number of benzene rings is 2. The molecule has 2 aromatic rings. The van der Waals surface area contributed by atoms with Gasteiger partial charge in [-0.25, -0.2) is 4.79 Å². The number of carboxylic acid groups (broad SMARTS) is 1. The van der Waals surface area contributed by atoms with Crippen LogP contribution < -0.4 is 10.6 Å². The lowest BCUT2D eigenvalue weighted by atomic mass is 9.98. The molecule has 2 aliphatic rings. The minimum Gasteiger partial charge on any atom is -0.481 e. The summed E-state index contributed by atoms with van der Waals surface area (Å²) >= 11 is 0. The van der Waals surface area contributed by atoms with Crippen LogP contribution >= 0.6 is 0 Å². The standard InChI is InChI=1S/C27H32N2O6/c1-34-24-14-4-2-3-13-22(24)28-26(32)23(15-25(30)31)29-27(33)35-16-21-19-11-7-5-9-17(19)18-10-6-8-12-20(18)21/h5-12,21-24H,2-4,13-16H2,1H3,(H,28,32)(H,29,33)(H,30,31). The molecule has 1 saturated carbocycles. The number of carbonyl (C=O) groups is 3. The first-order chi connectivity index (χ1) is 17.0. The Morgan fingerprint density at radius 2 is 1.60 bits per heavy atom. The molecule has 8 heteroatoms. The summed E-state index contributed by atoms with van der Waals surface area (Å²) in [6.45, 7) is 0.0790. The van der Waals surface area contributed by atoms with Crippen molar-refractivity contribution in [3.63, 3.8) is 0 Å². The van der Waals surface area contributed by atoms with E-state index < -0.39 is 30.4 Å². The molecule has 0 heterocycles. The van der Waals surface area contributed by atoms with Gasteiger partial charge in [-0.2, -0.15) is 0 Å². The molecule has 186 valence electrons. The lowest BCUT2D eigenvalue weighted by Crippen LogP contribution is -2.53. The number of aliphatic carboxylic acids is 1. The zero-order valence-corrected chi connectivity index (χ0v) is 19.9. The van der Waals surface area contributed by atoms with Gasteiger partial charge in [0.15, 0.2) is 0 Å². The Bertz CT molecular complexity index is 1030. The number of nitrogens with one attached hydrogen (secondary N) is 2. The van der Waals surface area contributed by atoms with E-state index in [0.717, 1.165) is 54.4 Å². The number of hydrogen-bond donors (Lipinski definition) is 3. The second kappa shape index (κ2) is 11.4. The van der Waals surface area contributed by atoms with Crippen molar-refractivity contribution in [1.29, 1.82) is 0 Å². The van der Waals surface area contributed by atoms with E-state index in [9.17, 15) is 19.5 Å². The molecule has 0 bridgehead atoms. The highest BCUT2D eigenvalue weighted by atomic mass is 16.5. The topological polar surface area (TPSA) is 114 Å². The van der Waals surface area contributed by atoms with Crippen LogP contribution in [0.1, 0.15) is 55.6 Å². The Balaban J connectivity index is 1.40. The number of fused-ring (bicyclic) bond motifs is 3. The number of methoxy groups -OCH3 is 1. The number of alkyl carbamates (subject to hydrolysis) is 1. The maximum Gasteiger partial charge on any atom is 0.407 e. The van der Waals surface area contributed by atoms with Crippen LogP contribution in [-0.4, -0.2) is 55.0 Å². The maximum absolute atomic E-state index is 12.9. The van der Waals surface area contributed by atoms with Crippen LogP contribution in [0.25, 0.3) is 11.1 Å². The second-order valence-electron chi connectivity index (χ2n) is 9.15. The molecular weight excluding hydrogens is 448 g/mol. The van der Waals surface area contributed by atoms with Crippen molar-refractivity contribution in [3.8, 4) is 11.1 Å². The van der Waals surface area contributed by atoms with E-state index in [0.29, 0.717) is 0 Å². The van der Waals surface area contributed by atoms with E-state index in [1.807, 2.05) is 48.5 Å². The van der Waals surface area contributed by atoms with Gasteiger partial charge in [-0.3, -0.25) is 9.59 Å². The third kappa shape index (κ3) is 5.82. The molecule has 0 spiro atoms. The highest BCUT2D eigenvalue weighted by molar-refractivity contribution is 5.89. The fraction of sp³-hybridized carbons (Fsp3) is 0.444. The zero-order chi connectivity index (χ0) is 24.8. The molecule has 1 fully saturated rings. The third-order valence-electron chi connectivity index (χ3n) is 6.91. The molecule has 4 rings (SSSR count). The lowest BCUT2D eigenvalue weighted by Gasteiger charge is -2.27. The van der Waals surface area contributed by atoms with Crippen molar-refractivity contribution in [1.82, 2.24) is 10.6 Å². The van der Waals surface area contributed by atoms with E-state index in [4.69, 9.17) is 9.47 Å². The highest BCUT2D eigenvalue weighted by Gasteiger charge is 2.32. The Kier molecular flexibility index (Phi) is 8.02. The van der Waals surface area contributed by atoms with Gasteiger partial charge in [0.05, 0.1) is 18.6 Å². The molecule has 0 saturated heterocycles. The molecule has 0 aromatic heterocycles. The Morgan fingerprint density at radius 1 is 0.971 bits per heavy atom. The summed E-state index contributed by atoms with van der Waals surface area (Å²) in [5, 5.41) is 14.7. The third-order valence-corrected chi connectivity index (χ3v) is 6.91. The number of amides is 2. The minimum atomic E-state index is -1.25. The van der Waals surface area contributed by atoms with E-state index in [1.54, 1.807) is 7.11 Å². The quantitative estimate of drug-likeness (QED) is 0.495. The van der Waals surface area contributed by atoms with Gasteiger partial charge < -0.3 is 25.2 Å². The summed E-state index contributed by atoms with van der Waals surface area (Å²) in [6.07, 6.45) is 3.09. The van der Waals surface area contributed by atoms with Crippen LogP contribution in [0.15, 0.2) is 48.5 Å². The first kappa shape index (κ1) is 24.7. The highest BCUT2D eigenvalue weighted by Crippen LogP contribution is 2.44. The summed E-state index contributed by atoms with van der Waals surface area (Å²) in [7, 11) is 1.61. The molecule has 2 amide bonds. The van der Waals surface area contributed by atoms with Crippen molar-refractivity contribution in [2.24, 2.45) is 0 Å². The van der Waals surface area contributed by atoms with E-state index in [-0.39, 0.29) is 24.7 Å². The summed E-state index contributed by atoms with van der Waals surface area (Å²) in [4.78, 5) is 37.0. The van der Waals surface area contributed by atoms with Gasteiger partial charge in [-0.05, 0) is 35.1 Å². The van der Waals surface area contributed by atoms with Gasteiger partial charge in [0.25, 0.3) is 0 Å². The molecule has 2 aromatic carbocycles. The summed E-state index contributed by atoms with van der Waals surface area (Å²) < 4.78 is 11.0. The molecule has 35 heavy (non-hydrogen) atoms. The fourth-order valence-electron chi connectivity index (χ4n) is 5.17. The molecule has 0 radical (unpaired) electrons. The van der Waals surface area contributed by atoms with Crippen LogP contribution in [0.2, 0.25) is 0 Å². The van der Waals surface area contributed by atoms with Crippen LogP contribution in [0, 0.1) is 0 Å². The van der Waals surface area contributed by atoms with Gasteiger partial charge in [0, 0.05) is 13.0 Å². The SMILES string of the molecule is COC1CCCCCC1NC(=O)C(CC(=O)O)NC(=O)OCC1c2ccccc2-c2ccccc21. The molecule has 8 nitrogen and oxygen atoms in total. The Morgan fingerprint density at radius 3 is 2.23 bits per heavy atom. The van der Waals surface area contributed by atoms with Gasteiger partial charge in [0.2, 0.25) is 5.91 Å². The summed E-state index contributed by atoms with van der Waals surface area (Å²) in [5.74, 6) is -1.86. The number of ether oxygens (including phenoxy) is 2. The molecule has 3 atom stereocenters. The normalized spacial score (nSPS) is 20.1. The maximum atomic E-state index is 12.9. The fourth-order valence-corrected chi connectivity index (χ4v) is 5.17. The first-order valence-corrected chi connectivity index (χ1v) is 12.1. The van der Waals surface area contributed by atoms with E-state index >= 15 is 0 Å². The van der Waals surface area contributed by atoms with Gasteiger partial charge in [-0.15, -0.1) is 0 Å². The number of carboxylic acids is 1.